The second-order valence-electron chi connectivity index (χ2n) is 7.83. The summed E-state index contributed by atoms with van der Waals surface area (Å²) < 4.78 is 7.46. The smallest absolute Gasteiger partial charge is 0.193 e. The SMILES string of the molecule is CN=C(NCC(c1cccs1)N1CCOCC1)N(C)Cc1cn(C)nc1C(C)C. The van der Waals surface area contributed by atoms with Crippen LogP contribution in [0.4, 0.5) is 0 Å². The average Bonchev–Trinajstić information content (AvgIpc) is 3.36. The van der Waals surface area contributed by atoms with Crippen LogP contribution in [0.25, 0.3) is 0 Å². The van der Waals surface area contributed by atoms with E-state index in [1.165, 1.54) is 10.4 Å². The lowest BCUT2D eigenvalue weighted by molar-refractivity contribution is 0.0176. The standard InChI is InChI=1S/C21H34N6OS/c1-16(2)20-17(15-26(5)24-20)14-25(4)21(22-3)23-13-18(19-7-6-12-29-19)27-8-10-28-11-9-27/h6-7,12,15-16,18H,8-11,13-14H2,1-5H3,(H,22,23). The Morgan fingerprint density at radius 1 is 1.38 bits per heavy atom. The van der Waals surface area contributed by atoms with Gasteiger partial charge in [-0.2, -0.15) is 5.10 Å². The molecular weight excluding hydrogens is 384 g/mol. The quantitative estimate of drug-likeness (QED) is 0.553. The van der Waals surface area contributed by atoms with Gasteiger partial charge in [0.1, 0.15) is 0 Å². The highest BCUT2D eigenvalue weighted by atomic mass is 32.1. The van der Waals surface area contributed by atoms with Crippen molar-refractivity contribution in [3.8, 4) is 0 Å². The summed E-state index contributed by atoms with van der Waals surface area (Å²) in [6.45, 7) is 9.51. The molecule has 0 bridgehead atoms. The first-order valence-electron chi connectivity index (χ1n) is 10.3. The van der Waals surface area contributed by atoms with Gasteiger partial charge in [0.25, 0.3) is 0 Å². The normalized spacial score (nSPS) is 17.0. The molecule has 29 heavy (non-hydrogen) atoms. The Kier molecular flexibility index (Phi) is 7.69. The zero-order valence-corrected chi connectivity index (χ0v) is 19.1. The predicted octanol–water partition coefficient (Wildman–Crippen LogP) is 2.69. The van der Waals surface area contributed by atoms with Crippen molar-refractivity contribution in [2.45, 2.75) is 32.4 Å². The van der Waals surface area contributed by atoms with Gasteiger partial charge in [0, 0.05) is 64.0 Å². The van der Waals surface area contributed by atoms with Gasteiger partial charge >= 0.3 is 0 Å². The number of nitrogens with zero attached hydrogens (tertiary/aromatic N) is 5. The summed E-state index contributed by atoms with van der Waals surface area (Å²) in [6.07, 6.45) is 2.11. The van der Waals surface area contributed by atoms with Gasteiger partial charge in [-0.1, -0.05) is 19.9 Å². The summed E-state index contributed by atoms with van der Waals surface area (Å²) >= 11 is 1.82. The molecule has 3 heterocycles. The number of ether oxygens (including phenoxy) is 1. The molecule has 1 aliphatic heterocycles. The van der Waals surface area contributed by atoms with Crippen LogP contribution < -0.4 is 5.32 Å². The maximum Gasteiger partial charge on any atom is 0.193 e. The fourth-order valence-corrected chi connectivity index (χ4v) is 4.71. The third-order valence-corrected chi connectivity index (χ3v) is 6.25. The molecule has 0 aliphatic carbocycles. The monoisotopic (exact) mass is 418 g/mol. The minimum Gasteiger partial charge on any atom is -0.379 e. The molecule has 2 aromatic heterocycles. The summed E-state index contributed by atoms with van der Waals surface area (Å²) in [4.78, 5) is 10.6. The molecule has 1 unspecified atom stereocenters. The molecule has 1 fully saturated rings. The number of aliphatic imine (C=N–C) groups is 1. The summed E-state index contributed by atoms with van der Waals surface area (Å²) in [5.41, 5.74) is 2.40. The lowest BCUT2D eigenvalue weighted by atomic mass is 10.1. The number of guanidine groups is 1. The van der Waals surface area contributed by atoms with E-state index in [0.29, 0.717) is 12.0 Å². The molecule has 0 amide bonds. The number of aromatic nitrogens is 2. The Balaban J connectivity index is 1.66. The Morgan fingerprint density at radius 2 is 2.14 bits per heavy atom. The summed E-state index contributed by atoms with van der Waals surface area (Å²) in [7, 11) is 5.91. The molecule has 160 valence electrons. The molecular formula is C21H34N6OS. The van der Waals surface area contributed by atoms with E-state index in [2.05, 4.69) is 69.8 Å². The van der Waals surface area contributed by atoms with Gasteiger partial charge in [-0.25, -0.2) is 0 Å². The fourth-order valence-electron chi connectivity index (χ4n) is 3.85. The molecule has 7 nitrogen and oxygen atoms in total. The van der Waals surface area contributed by atoms with E-state index in [1.54, 1.807) is 0 Å². The second-order valence-corrected chi connectivity index (χ2v) is 8.81. The van der Waals surface area contributed by atoms with Crippen LogP contribution in [0.2, 0.25) is 0 Å². The average molecular weight is 419 g/mol. The van der Waals surface area contributed by atoms with Crippen LogP contribution in [0.5, 0.6) is 0 Å². The maximum atomic E-state index is 5.55. The van der Waals surface area contributed by atoms with Crippen molar-refractivity contribution >= 4 is 17.3 Å². The van der Waals surface area contributed by atoms with E-state index in [1.807, 2.05) is 30.1 Å². The second kappa shape index (κ2) is 10.2. The van der Waals surface area contributed by atoms with Gasteiger partial charge in [0.2, 0.25) is 0 Å². The van der Waals surface area contributed by atoms with Crippen molar-refractivity contribution in [1.82, 2.24) is 24.9 Å². The van der Waals surface area contributed by atoms with Crippen LogP contribution in [0, 0.1) is 0 Å². The number of hydrogen-bond donors (Lipinski definition) is 1. The fraction of sp³-hybridized carbons (Fsp3) is 0.619. The van der Waals surface area contributed by atoms with Crippen molar-refractivity contribution < 1.29 is 4.74 Å². The minimum atomic E-state index is 0.327. The molecule has 0 aromatic carbocycles. The van der Waals surface area contributed by atoms with Crippen molar-refractivity contribution in [2.24, 2.45) is 12.0 Å². The van der Waals surface area contributed by atoms with Gasteiger partial charge in [-0.05, 0) is 17.4 Å². The number of rotatable bonds is 7. The number of morpholine rings is 1. The van der Waals surface area contributed by atoms with Crippen LogP contribution >= 0.6 is 11.3 Å². The molecule has 1 N–H and O–H groups in total. The van der Waals surface area contributed by atoms with Crippen molar-refractivity contribution in [3.05, 3.63) is 39.8 Å². The van der Waals surface area contributed by atoms with E-state index in [0.717, 1.165) is 51.0 Å². The van der Waals surface area contributed by atoms with Crippen molar-refractivity contribution in [3.63, 3.8) is 0 Å². The molecule has 0 radical (unpaired) electrons. The number of aryl methyl sites for hydroxylation is 1. The van der Waals surface area contributed by atoms with E-state index in [9.17, 15) is 0 Å². The summed E-state index contributed by atoms with van der Waals surface area (Å²) in [5, 5.41) is 10.4. The Morgan fingerprint density at radius 3 is 2.76 bits per heavy atom. The zero-order valence-electron chi connectivity index (χ0n) is 18.3. The topological polar surface area (TPSA) is 57.9 Å². The summed E-state index contributed by atoms with van der Waals surface area (Å²) in [6, 6.07) is 4.68. The van der Waals surface area contributed by atoms with Gasteiger partial charge in [-0.3, -0.25) is 14.6 Å². The van der Waals surface area contributed by atoms with Gasteiger partial charge < -0.3 is 15.0 Å². The van der Waals surface area contributed by atoms with Gasteiger partial charge in [-0.15, -0.1) is 11.3 Å². The minimum absolute atomic E-state index is 0.327. The molecule has 1 aliphatic rings. The third-order valence-electron chi connectivity index (χ3n) is 5.28. The van der Waals surface area contributed by atoms with Crippen LogP contribution in [0.1, 0.15) is 41.9 Å². The molecule has 8 heteroatoms. The van der Waals surface area contributed by atoms with E-state index in [-0.39, 0.29) is 0 Å². The first kappa shape index (κ1) is 21.8. The van der Waals surface area contributed by atoms with Gasteiger partial charge in [0.05, 0.1) is 24.9 Å². The Labute approximate surface area is 178 Å². The molecule has 1 saturated heterocycles. The number of thiophene rings is 1. The highest BCUT2D eigenvalue weighted by Gasteiger charge is 2.24. The molecule has 3 rings (SSSR count). The zero-order chi connectivity index (χ0) is 20.8. The first-order valence-corrected chi connectivity index (χ1v) is 11.2. The number of hydrogen-bond acceptors (Lipinski definition) is 5. The predicted molar refractivity (Wildman–Crippen MR) is 120 cm³/mol. The van der Waals surface area contributed by atoms with E-state index in [4.69, 9.17) is 4.74 Å². The van der Waals surface area contributed by atoms with E-state index < -0.39 is 0 Å². The highest BCUT2D eigenvalue weighted by molar-refractivity contribution is 7.10. The van der Waals surface area contributed by atoms with Crippen LogP contribution in [-0.4, -0.2) is 72.5 Å². The largest absolute Gasteiger partial charge is 0.379 e. The molecule has 2 aromatic rings. The lowest BCUT2D eigenvalue weighted by Gasteiger charge is -2.35. The summed E-state index contributed by atoms with van der Waals surface area (Å²) in [5.74, 6) is 1.30. The van der Waals surface area contributed by atoms with Crippen LogP contribution in [-0.2, 0) is 18.3 Å². The maximum absolute atomic E-state index is 5.55. The van der Waals surface area contributed by atoms with E-state index >= 15 is 0 Å². The third kappa shape index (κ3) is 5.58. The Hall–Kier alpha value is -1.90. The highest BCUT2D eigenvalue weighted by Crippen LogP contribution is 2.25. The Bertz CT molecular complexity index is 779. The van der Waals surface area contributed by atoms with Gasteiger partial charge in [0.15, 0.2) is 5.96 Å². The molecule has 1 atom stereocenters. The first-order chi connectivity index (χ1) is 14.0. The van der Waals surface area contributed by atoms with Crippen molar-refractivity contribution in [1.29, 1.82) is 0 Å². The van der Waals surface area contributed by atoms with Crippen LogP contribution in [0.3, 0.4) is 0 Å². The van der Waals surface area contributed by atoms with Crippen molar-refractivity contribution in [2.75, 3.05) is 46.9 Å². The molecule has 0 spiro atoms. The van der Waals surface area contributed by atoms with Crippen LogP contribution in [0.15, 0.2) is 28.7 Å². The lowest BCUT2D eigenvalue weighted by Crippen LogP contribution is -2.46. The molecule has 0 saturated carbocycles. The number of nitrogens with one attached hydrogen (secondary N) is 1.